The number of nitrogens with one attached hydrogen (secondary N) is 1. The molecule has 3 aromatic rings. The molecule has 0 unspecified atom stereocenters. The van der Waals surface area contributed by atoms with Crippen LogP contribution in [0.3, 0.4) is 0 Å². The summed E-state index contributed by atoms with van der Waals surface area (Å²) in [5.41, 5.74) is 3.03. The van der Waals surface area contributed by atoms with Gasteiger partial charge in [0.15, 0.2) is 0 Å². The molecular formula is C25H27N3O3. The second-order valence-electron chi connectivity index (χ2n) is 7.87. The van der Waals surface area contributed by atoms with Crippen molar-refractivity contribution in [3.63, 3.8) is 0 Å². The molecule has 31 heavy (non-hydrogen) atoms. The Hall–Kier alpha value is -3.41. The van der Waals surface area contributed by atoms with E-state index in [1.807, 2.05) is 36.4 Å². The molecular weight excluding hydrogens is 390 g/mol. The van der Waals surface area contributed by atoms with E-state index in [9.17, 15) is 4.79 Å². The molecule has 1 saturated carbocycles. The standard InChI is InChI=1S/C25H27N3O3/c1-17-9-11-19(12-10-17)31-16-18-5-3-7-21(18)28-25(29)24-20(6-4-8-23(24)30-2)22-15-26-13-14-27-22/h4,6,8-15,18,21H,3,5,7,16H2,1-2H3,(H,28,29)/t18-,21+/m1/s1. The maximum absolute atomic E-state index is 13.4. The number of aryl methyl sites for hydroxylation is 1. The highest BCUT2D eigenvalue weighted by atomic mass is 16.5. The van der Waals surface area contributed by atoms with E-state index in [4.69, 9.17) is 9.47 Å². The number of carbonyl (C=O) groups is 1. The number of benzene rings is 2. The number of ether oxygens (including phenoxy) is 2. The predicted molar refractivity (Wildman–Crippen MR) is 119 cm³/mol. The molecule has 1 fully saturated rings. The van der Waals surface area contributed by atoms with Crippen molar-refractivity contribution in [2.24, 2.45) is 5.92 Å². The average Bonchev–Trinajstić information content (AvgIpc) is 3.25. The lowest BCUT2D eigenvalue weighted by Crippen LogP contribution is -2.39. The quantitative estimate of drug-likeness (QED) is 0.615. The summed E-state index contributed by atoms with van der Waals surface area (Å²) in [6, 6.07) is 13.6. The fourth-order valence-corrected chi connectivity index (χ4v) is 4.09. The summed E-state index contributed by atoms with van der Waals surface area (Å²) in [7, 11) is 1.57. The van der Waals surface area contributed by atoms with Crippen LogP contribution >= 0.6 is 0 Å². The SMILES string of the molecule is COc1cccc(-c2cnccn2)c1C(=O)N[C@H]1CCC[C@@H]1COc1ccc(C)cc1. The number of hydrogen-bond acceptors (Lipinski definition) is 5. The summed E-state index contributed by atoms with van der Waals surface area (Å²) >= 11 is 0. The van der Waals surface area contributed by atoms with Crippen molar-refractivity contribution >= 4 is 5.91 Å². The highest BCUT2D eigenvalue weighted by Gasteiger charge is 2.31. The molecule has 1 aliphatic rings. The molecule has 0 aliphatic heterocycles. The summed E-state index contributed by atoms with van der Waals surface area (Å²) in [6.45, 7) is 2.64. The van der Waals surface area contributed by atoms with Crippen molar-refractivity contribution in [2.45, 2.75) is 32.2 Å². The largest absolute Gasteiger partial charge is 0.496 e. The Balaban J connectivity index is 1.50. The highest BCUT2D eigenvalue weighted by Crippen LogP contribution is 2.31. The Kier molecular flexibility index (Phi) is 6.46. The van der Waals surface area contributed by atoms with Crippen molar-refractivity contribution < 1.29 is 14.3 Å². The van der Waals surface area contributed by atoms with Crippen LogP contribution in [0, 0.1) is 12.8 Å². The first-order valence-corrected chi connectivity index (χ1v) is 10.6. The Labute approximate surface area is 182 Å². The van der Waals surface area contributed by atoms with E-state index in [0.717, 1.165) is 25.0 Å². The number of hydrogen-bond donors (Lipinski definition) is 1. The lowest BCUT2D eigenvalue weighted by molar-refractivity contribution is 0.0916. The summed E-state index contributed by atoms with van der Waals surface area (Å²) in [6.07, 6.45) is 7.91. The summed E-state index contributed by atoms with van der Waals surface area (Å²) in [4.78, 5) is 21.9. The van der Waals surface area contributed by atoms with Crippen LogP contribution < -0.4 is 14.8 Å². The first-order chi connectivity index (χ1) is 15.2. The van der Waals surface area contributed by atoms with Gasteiger partial charge in [0.2, 0.25) is 0 Å². The third-order valence-corrected chi connectivity index (χ3v) is 5.77. The Bertz CT molecular complexity index is 1020. The molecule has 1 heterocycles. The Morgan fingerprint density at radius 3 is 2.71 bits per heavy atom. The molecule has 6 nitrogen and oxygen atoms in total. The van der Waals surface area contributed by atoms with Crippen LogP contribution in [0.1, 0.15) is 35.2 Å². The molecule has 0 radical (unpaired) electrons. The monoisotopic (exact) mass is 417 g/mol. The van der Waals surface area contributed by atoms with Crippen LogP contribution in [-0.4, -0.2) is 35.6 Å². The van der Waals surface area contributed by atoms with Gasteiger partial charge in [-0.1, -0.05) is 36.2 Å². The zero-order valence-corrected chi connectivity index (χ0v) is 17.9. The van der Waals surface area contributed by atoms with E-state index in [1.165, 1.54) is 5.56 Å². The molecule has 6 heteroatoms. The maximum Gasteiger partial charge on any atom is 0.255 e. The third kappa shape index (κ3) is 4.85. The molecule has 1 amide bonds. The number of nitrogens with zero attached hydrogens (tertiary/aromatic N) is 2. The summed E-state index contributed by atoms with van der Waals surface area (Å²) in [5.74, 6) is 1.48. The molecule has 0 spiro atoms. The topological polar surface area (TPSA) is 73.3 Å². The Morgan fingerprint density at radius 1 is 1.13 bits per heavy atom. The van der Waals surface area contributed by atoms with Crippen LogP contribution in [0.25, 0.3) is 11.3 Å². The van der Waals surface area contributed by atoms with Crippen LogP contribution in [0.5, 0.6) is 11.5 Å². The smallest absolute Gasteiger partial charge is 0.255 e. The van der Waals surface area contributed by atoms with E-state index in [-0.39, 0.29) is 17.9 Å². The maximum atomic E-state index is 13.4. The van der Waals surface area contributed by atoms with Gasteiger partial charge in [-0.2, -0.15) is 0 Å². The van der Waals surface area contributed by atoms with Gasteiger partial charge in [-0.05, 0) is 38.0 Å². The minimum Gasteiger partial charge on any atom is -0.496 e. The van der Waals surface area contributed by atoms with E-state index < -0.39 is 0 Å². The zero-order valence-electron chi connectivity index (χ0n) is 17.9. The second kappa shape index (κ2) is 9.60. The predicted octanol–water partition coefficient (Wildman–Crippen LogP) is 4.44. The van der Waals surface area contributed by atoms with Gasteiger partial charge in [-0.15, -0.1) is 0 Å². The van der Waals surface area contributed by atoms with Crippen molar-refractivity contribution in [1.82, 2.24) is 15.3 Å². The van der Waals surface area contributed by atoms with Gasteiger partial charge >= 0.3 is 0 Å². The van der Waals surface area contributed by atoms with E-state index in [1.54, 1.807) is 31.8 Å². The normalized spacial score (nSPS) is 17.9. The number of carbonyl (C=O) groups excluding carboxylic acids is 1. The second-order valence-corrected chi connectivity index (χ2v) is 7.87. The van der Waals surface area contributed by atoms with Gasteiger partial charge in [-0.25, -0.2) is 0 Å². The van der Waals surface area contributed by atoms with E-state index >= 15 is 0 Å². The van der Waals surface area contributed by atoms with Gasteiger partial charge in [0, 0.05) is 29.9 Å². The van der Waals surface area contributed by atoms with Crippen molar-refractivity contribution in [3.8, 4) is 22.8 Å². The molecule has 0 bridgehead atoms. The van der Waals surface area contributed by atoms with Gasteiger partial charge in [0.1, 0.15) is 11.5 Å². The molecule has 2 atom stereocenters. The molecule has 0 saturated heterocycles. The first-order valence-electron chi connectivity index (χ1n) is 10.6. The lowest BCUT2D eigenvalue weighted by atomic mass is 10.0. The number of rotatable bonds is 7. The van der Waals surface area contributed by atoms with Crippen molar-refractivity contribution in [3.05, 3.63) is 72.2 Å². The van der Waals surface area contributed by atoms with Crippen LogP contribution in [-0.2, 0) is 0 Å². The van der Waals surface area contributed by atoms with E-state index in [0.29, 0.717) is 29.2 Å². The first kappa shape index (κ1) is 20.8. The minimum absolute atomic E-state index is 0.0533. The van der Waals surface area contributed by atoms with Gasteiger partial charge in [0.05, 0.1) is 31.2 Å². The van der Waals surface area contributed by atoms with Gasteiger partial charge in [0.25, 0.3) is 5.91 Å². The molecule has 160 valence electrons. The molecule has 2 aromatic carbocycles. The van der Waals surface area contributed by atoms with Crippen molar-refractivity contribution in [1.29, 1.82) is 0 Å². The molecule has 1 aromatic heterocycles. The summed E-state index contributed by atoms with van der Waals surface area (Å²) < 4.78 is 11.5. The van der Waals surface area contributed by atoms with Gasteiger partial charge in [-0.3, -0.25) is 14.8 Å². The molecule has 4 rings (SSSR count). The number of amides is 1. The average molecular weight is 418 g/mol. The van der Waals surface area contributed by atoms with Crippen LogP contribution in [0.4, 0.5) is 0 Å². The van der Waals surface area contributed by atoms with E-state index in [2.05, 4.69) is 22.2 Å². The zero-order chi connectivity index (χ0) is 21.6. The van der Waals surface area contributed by atoms with Crippen molar-refractivity contribution in [2.75, 3.05) is 13.7 Å². The molecule has 1 aliphatic carbocycles. The highest BCUT2D eigenvalue weighted by molar-refractivity contribution is 6.03. The Morgan fingerprint density at radius 2 is 1.97 bits per heavy atom. The fourth-order valence-electron chi connectivity index (χ4n) is 4.09. The lowest BCUT2D eigenvalue weighted by Gasteiger charge is -2.22. The third-order valence-electron chi connectivity index (χ3n) is 5.77. The van der Waals surface area contributed by atoms with Crippen LogP contribution in [0.2, 0.25) is 0 Å². The number of methoxy groups -OCH3 is 1. The number of aromatic nitrogens is 2. The summed E-state index contributed by atoms with van der Waals surface area (Å²) in [5, 5.41) is 3.23. The minimum atomic E-state index is -0.162. The molecule has 1 N–H and O–H groups in total. The van der Waals surface area contributed by atoms with Crippen LogP contribution in [0.15, 0.2) is 61.1 Å². The fraction of sp³-hybridized carbons (Fsp3) is 0.320. The van der Waals surface area contributed by atoms with Gasteiger partial charge < -0.3 is 14.8 Å².